The molecule has 0 N–H and O–H groups in total. The van der Waals surface area contributed by atoms with Crippen LogP contribution < -0.4 is 9.47 Å². The first kappa shape index (κ1) is 17.9. The van der Waals surface area contributed by atoms with Gasteiger partial charge in [0, 0.05) is 0 Å². The number of methoxy groups -OCH3 is 2. The molecule has 1 unspecified atom stereocenters. The van der Waals surface area contributed by atoms with Gasteiger partial charge in [0.2, 0.25) is 0 Å². The largest absolute Gasteiger partial charge is 0.496 e. The number of benzene rings is 1. The van der Waals surface area contributed by atoms with Gasteiger partial charge in [-0.2, -0.15) is 0 Å². The fraction of sp³-hybridized carbons (Fsp3) is 0.611. The lowest BCUT2D eigenvalue weighted by Crippen LogP contribution is -2.07. The van der Waals surface area contributed by atoms with Gasteiger partial charge in [0.05, 0.1) is 14.2 Å². The molecular weight excluding hydrogens is 311 g/mol. The van der Waals surface area contributed by atoms with Crippen LogP contribution in [0.1, 0.15) is 55.3 Å². The van der Waals surface area contributed by atoms with Crippen LogP contribution in [0.2, 0.25) is 0 Å². The van der Waals surface area contributed by atoms with E-state index < -0.39 is 7.80 Å². The van der Waals surface area contributed by atoms with Crippen molar-refractivity contribution in [3.63, 3.8) is 0 Å². The molecule has 1 aromatic rings. The fourth-order valence-electron chi connectivity index (χ4n) is 3.29. The topological polar surface area (TPSA) is 52.6 Å². The molecule has 0 aromatic heterocycles. The second-order valence-electron chi connectivity index (χ2n) is 6.09. The van der Waals surface area contributed by atoms with Crippen LogP contribution in [-0.2, 0) is 4.57 Å². The number of hydrogen-bond donors (Lipinski definition) is 0. The number of hydrogen-bond acceptors (Lipinski definition) is 4. The van der Waals surface area contributed by atoms with Crippen molar-refractivity contribution < 1.29 is 18.8 Å². The maximum absolute atomic E-state index is 12.5. The summed E-state index contributed by atoms with van der Waals surface area (Å²) < 4.78 is 22.9. The Bertz CT molecular complexity index is 528. The Hall–Kier alpha value is -1.41. The van der Waals surface area contributed by atoms with Gasteiger partial charge in [0.1, 0.15) is 11.5 Å². The first-order valence-corrected chi connectivity index (χ1v) is 9.81. The van der Waals surface area contributed by atoms with E-state index in [9.17, 15) is 9.36 Å². The maximum Gasteiger partial charge on any atom is 0.420 e. The van der Waals surface area contributed by atoms with Gasteiger partial charge in [0.15, 0.2) is 11.7 Å². The molecule has 1 aliphatic carbocycles. The van der Waals surface area contributed by atoms with E-state index in [1.807, 2.05) is 0 Å². The molecule has 0 bridgehead atoms. The Kier molecular flexibility index (Phi) is 7.04. The molecule has 0 amide bonds. The highest BCUT2D eigenvalue weighted by molar-refractivity contribution is 7.64. The third-order valence-corrected chi connectivity index (χ3v) is 5.97. The van der Waals surface area contributed by atoms with Crippen LogP contribution in [-0.4, -0.2) is 25.9 Å². The molecule has 1 atom stereocenters. The van der Waals surface area contributed by atoms with Crippen LogP contribution in [0.5, 0.6) is 11.5 Å². The molecule has 0 saturated heterocycles. The summed E-state index contributed by atoms with van der Waals surface area (Å²) >= 11 is 0. The maximum atomic E-state index is 12.5. The third kappa shape index (κ3) is 4.78. The van der Waals surface area contributed by atoms with Crippen molar-refractivity contribution in [3.8, 4) is 11.5 Å². The van der Waals surface area contributed by atoms with Gasteiger partial charge in [-0.05, 0) is 30.9 Å². The molecule has 1 saturated carbocycles. The van der Waals surface area contributed by atoms with Crippen LogP contribution in [0.4, 0.5) is 0 Å². The van der Waals surface area contributed by atoms with Crippen molar-refractivity contribution in [1.29, 1.82) is 0 Å². The van der Waals surface area contributed by atoms with Gasteiger partial charge < -0.3 is 9.47 Å². The minimum atomic E-state index is -1.94. The standard InChI is InChI=1S/C18H26O4P/c1-21-15-11-6-12-16(22-2)17(15)18(19)23(20)13-7-10-14-8-4-3-5-9-14/h6,11-12,14H,3-5,7-10,13H2,1-2H3/q+1. The average molecular weight is 337 g/mol. The SMILES string of the molecule is COc1cccc(OC)c1C(=O)[P+](=O)CCCC1CCCCC1. The van der Waals surface area contributed by atoms with Gasteiger partial charge >= 0.3 is 13.3 Å². The van der Waals surface area contributed by atoms with Crippen molar-refractivity contribution in [1.82, 2.24) is 0 Å². The summed E-state index contributed by atoms with van der Waals surface area (Å²) in [5.41, 5.74) is -0.0609. The zero-order chi connectivity index (χ0) is 16.7. The van der Waals surface area contributed by atoms with Gasteiger partial charge in [-0.25, -0.2) is 4.79 Å². The van der Waals surface area contributed by atoms with Gasteiger partial charge in [0.25, 0.3) is 0 Å². The Balaban J connectivity index is 1.95. The lowest BCUT2D eigenvalue weighted by molar-refractivity contribution is 0.107. The third-order valence-electron chi connectivity index (χ3n) is 4.57. The lowest BCUT2D eigenvalue weighted by atomic mass is 9.86. The molecule has 1 aromatic carbocycles. The molecule has 4 nitrogen and oxygen atoms in total. The molecule has 0 spiro atoms. The van der Waals surface area contributed by atoms with Crippen molar-refractivity contribution in [2.24, 2.45) is 5.92 Å². The molecule has 0 aliphatic heterocycles. The fourth-order valence-corrected chi connectivity index (χ4v) is 4.43. The van der Waals surface area contributed by atoms with E-state index in [1.165, 1.54) is 46.3 Å². The quantitative estimate of drug-likeness (QED) is 0.624. The van der Waals surface area contributed by atoms with Gasteiger partial charge in [-0.1, -0.05) is 42.7 Å². The normalized spacial score (nSPS) is 16.0. The minimum absolute atomic E-state index is 0.302. The number of carbonyl (C=O) groups excluding carboxylic acids is 1. The van der Waals surface area contributed by atoms with Gasteiger partial charge in [-0.15, -0.1) is 0 Å². The molecule has 1 aliphatic rings. The second-order valence-corrected chi connectivity index (χ2v) is 7.70. The predicted molar refractivity (Wildman–Crippen MR) is 92.2 cm³/mol. The Morgan fingerprint density at radius 2 is 1.74 bits per heavy atom. The van der Waals surface area contributed by atoms with Gasteiger partial charge in [-0.3, -0.25) is 0 Å². The number of ether oxygens (including phenoxy) is 2. The smallest absolute Gasteiger partial charge is 0.420 e. The summed E-state index contributed by atoms with van der Waals surface area (Å²) in [4.78, 5) is 12.5. The molecule has 5 heteroatoms. The van der Waals surface area contributed by atoms with E-state index >= 15 is 0 Å². The Morgan fingerprint density at radius 1 is 1.13 bits per heavy atom. The first-order chi connectivity index (χ1) is 11.2. The Labute approximate surface area is 139 Å². The summed E-state index contributed by atoms with van der Waals surface area (Å²) in [6.07, 6.45) is 8.92. The molecule has 0 heterocycles. The first-order valence-electron chi connectivity index (χ1n) is 8.37. The van der Waals surface area contributed by atoms with Crippen LogP contribution >= 0.6 is 7.80 Å². The van der Waals surface area contributed by atoms with E-state index in [1.54, 1.807) is 18.2 Å². The van der Waals surface area contributed by atoms with Crippen LogP contribution in [0.3, 0.4) is 0 Å². The van der Waals surface area contributed by atoms with Crippen LogP contribution in [0, 0.1) is 5.92 Å². The van der Waals surface area contributed by atoms with E-state index in [-0.39, 0.29) is 5.52 Å². The van der Waals surface area contributed by atoms with Crippen molar-refractivity contribution in [3.05, 3.63) is 23.8 Å². The van der Waals surface area contributed by atoms with Crippen molar-refractivity contribution >= 4 is 13.3 Å². The molecule has 0 radical (unpaired) electrons. The summed E-state index contributed by atoms with van der Waals surface area (Å²) in [7, 11) is 1.07. The molecule has 1 fully saturated rings. The second kappa shape index (κ2) is 9.02. The number of rotatable bonds is 8. The summed E-state index contributed by atoms with van der Waals surface area (Å²) in [5, 5.41) is 0. The van der Waals surface area contributed by atoms with Crippen LogP contribution in [0.15, 0.2) is 18.2 Å². The zero-order valence-electron chi connectivity index (χ0n) is 14.0. The molecular formula is C18H26O4P+. The average Bonchev–Trinajstić information content (AvgIpc) is 2.61. The van der Waals surface area contributed by atoms with E-state index in [2.05, 4.69) is 0 Å². The molecule has 126 valence electrons. The minimum Gasteiger partial charge on any atom is -0.496 e. The van der Waals surface area contributed by atoms with Crippen molar-refractivity contribution in [2.45, 2.75) is 44.9 Å². The monoisotopic (exact) mass is 337 g/mol. The molecule has 23 heavy (non-hydrogen) atoms. The van der Waals surface area contributed by atoms with E-state index in [4.69, 9.17) is 9.47 Å². The zero-order valence-corrected chi connectivity index (χ0v) is 14.9. The predicted octanol–water partition coefficient (Wildman–Crippen LogP) is 5.03. The van der Waals surface area contributed by atoms with Crippen molar-refractivity contribution in [2.75, 3.05) is 20.4 Å². The summed E-state index contributed by atoms with van der Waals surface area (Å²) in [6, 6.07) is 5.15. The van der Waals surface area contributed by atoms with E-state index in [0.29, 0.717) is 23.2 Å². The summed E-state index contributed by atoms with van der Waals surface area (Å²) in [6.45, 7) is 0. The highest BCUT2D eigenvalue weighted by Gasteiger charge is 2.34. The highest BCUT2D eigenvalue weighted by Crippen LogP contribution is 2.38. The highest BCUT2D eigenvalue weighted by atomic mass is 31.1. The number of carbonyl (C=O) groups is 1. The lowest BCUT2D eigenvalue weighted by Gasteiger charge is -2.20. The molecule has 2 rings (SSSR count). The van der Waals surface area contributed by atoms with E-state index in [0.717, 1.165) is 18.8 Å². The van der Waals surface area contributed by atoms with Crippen LogP contribution in [0.25, 0.3) is 0 Å². The summed E-state index contributed by atoms with van der Waals surface area (Å²) in [5.74, 6) is 1.60. The Morgan fingerprint density at radius 3 is 2.30 bits per heavy atom.